The number of amides is 1. The number of hydrogen-bond donors (Lipinski definition) is 1. The number of unbranched alkanes of at least 4 members (excludes halogenated alkanes) is 7. The highest BCUT2D eigenvalue weighted by molar-refractivity contribution is 6.05. The molecule has 2 aromatic carbocycles. The van der Waals surface area contributed by atoms with Gasteiger partial charge in [-0.2, -0.15) is 5.10 Å². The van der Waals surface area contributed by atoms with Crippen LogP contribution in [0.1, 0.15) is 99.9 Å². The molecule has 38 heavy (non-hydrogen) atoms. The maximum absolute atomic E-state index is 13.0. The number of ether oxygens (including phenoxy) is 3. The normalized spacial score (nSPS) is 15.4. The predicted octanol–water partition coefficient (Wildman–Crippen LogP) is 7.97. The minimum absolute atomic E-state index is 0.312. The average molecular weight is 521 g/mol. The van der Waals surface area contributed by atoms with Crippen LogP contribution in [0.5, 0.6) is 17.2 Å². The summed E-state index contributed by atoms with van der Waals surface area (Å²) in [5, 5.41) is 4.51. The highest BCUT2D eigenvalue weighted by atomic mass is 16.5. The molecule has 206 valence electrons. The molecule has 0 aromatic heterocycles. The van der Waals surface area contributed by atoms with Crippen molar-refractivity contribution in [2.75, 3.05) is 20.8 Å². The van der Waals surface area contributed by atoms with Gasteiger partial charge in [0.15, 0.2) is 11.5 Å². The highest BCUT2D eigenvalue weighted by Crippen LogP contribution is 2.38. The Morgan fingerprint density at radius 1 is 0.895 bits per heavy atom. The van der Waals surface area contributed by atoms with Gasteiger partial charge in [-0.1, -0.05) is 82.2 Å². The molecule has 1 amide bonds. The van der Waals surface area contributed by atoms with Gasteiger partial charge in [-0.15, -0.1) is 0 Å². The number of carbonyl (C=O) groups excluding carboxylic acids is 1. The molecule has 0 atom stereocenters. The van der Waals surface area contributed by atoms with Crippen LogP contribution in [0, 0.1) is 0 Å². The number of methoxy groups -OCH3 is 2. The third-order valence-electron chi connectivity index (χ3n) is 6.88. The van der Waals surface area contributed by atoms with E-state index in [1.165, 1.54) is 44.1 Å². The van der Waals surface area contributed by atoms with E-state index in [0.717, 1.165) is 49.8 Å². The van der Waals surface area contributed by atoms with Crippen molar-refractivity contribution in [3.63, 3.8) is 0 Å². The maximum Gasteiger partial charge on any atom is 0.271 e. The number of nitrogens with one attached hydrogen (secondary N) is 1. The molecular weight excluding hydrogens is 476 g/mol. The van der Waals surface area contributed by atoms with E-state index in [4.69, 9.17) is 14.2 Å². The monoisotopic (exact) mass is 520 g/mol. The SMILES string of the molecule is CCCCCCCCCCOc1c(OC)cc(C(=O)NN=C2CCCCC2=Cc2ccccc2)cc1OC. The molecule has 1 aliphatic carbocycles. The summed E-state index contributed by atoms with van der Waals surface area (Å²) in [5.74, 6) is 1.17. The standard InChI is InChI=1S/C32H44N2O4/c1-4-5-6-7-8-9-10-16-21-38-31-29(36-2)23-27(24-30(31)37-3)32(35)34-33-28-20-15-14-19-26(28)22-25-17-12-11-13-18-25/h11-13,17-18,22-24H,4-10,14-16,19-21H2,1-3H3,(H,34,35). The van der Waals surface area contributed by atoms with E-state index < -0.39 is 0 Å². The fourth-order valence-electron chi connectivity index (χ4n) is 4.69. The van der Waals surface area contributed by atoms with Gasteiger partial charge in [0.1, 0.15) is 0 Å². The van der Waals surface area contributed by atoms with Gasteiger partial charge in [0.2, 0.25) is 5.75 Å². The van der Waals surface area contributed by atoms with Crippen LogP contribution < -0.4 is 19.6 Å². The summed E-state index contributed by atoms with van der Waals surface area (Å²) in [7, 11) is 3.14. The van der Waals surface area contributed by atoms with Crippen LogP contribution >= 0.6 is 0 Å². The van der Waals surface area contributed by atoms with Gasteiger partial charge in [0.25, 0.3) is 5.91 Å². The van der Waals surface area contributed by atoms with Gasteiger partial charge in [-0.3, -0.25) is 4.79 Å². The molecule has 1 saturated carbocycles. The van der Waals surface area contributed by atoms with E-state index in [1.807, 2.05) is 18.2 Å². The molecule has 1 fully saturated rings. The Labute approximate surface area is 228 Å². The quantitative estimate of drug-likeness (QED) is 0.191. The van der Waals surface area contributed by atoms with Crippen molar-refractivity contribution in [3.05, 3.63) is 59.2 Å². The molecule has 0 bridgehead atoms. The molecule has 2 aromatic rings. The minimum Gasteiger partial charge on any atom is -0.493 e. The molecule has 3 rings (SSSR count). The molecule has 0 radical (unpaired) electrons. The molecule has 0 unspecified atom stereocenters. The summed E-state index contributed by atoms with van der Waals surface area (Å²) in [5.41, 5.74) is 6.39. The number of rotatable bonds is 15. The number of carbonyl (C=O) groups is 1. The van der Waals surface area contributed by atoms with Crippen molar-refractivity contribution < 1.29 is 19.0 Å². The lowest BCUT2D eigenvalue weighted by molar-refractivity contribution is 0.0954. The van der Waals surface area contributed by atoms with E-state index in [2.05, 4.69) is 35.7 Å². The maximum atomic E-state index is 13.0. The Bertz CT molecular complexity index is 1040. The van der Waals surface area contributed by atoms with Crippen LogP contribution in [0.4, 0.5) is 0 Å². The Morgan fingerprint density at radius 2 is 1.53 bits per heavy atom. The molecule has 0 aliphatic heterocycles. The third-order valence-corrected chi connectivity index (χ3v) is 6.88. The smallest absolute Gasteiger partial charge is 0.271 e. The number of hydrogen-bond acceptors (Lipinski definition) is 5. The largest absolute Gasteiger partial charge is 0.493 e. The van der Waals surface area contributed by atoms with E-state index >= 15 is 0 Å². The van der Waals surface area contributed by atoms with E-state index in [-0.39, 0.29) is 5.91 Å². The summed E-state index contributed by atoms with van der Waals surface area (Å²) < 4.78 is 17.2. The lowest BCUT2D eigenvalue weighted by atomic mass is 9.91. The second kappa shape index (κ2) is 16.5. The van der Waals surface area contributed by atoms with Crippen molar-refractivity contribution in [1.82, 2.24) is 5.43 Å². The summed E-state index contributed by atoms with van der Waals surface area (Å²) in [4.78, 5) is 13.0. The van der Waals surface area contributed by atoms with E-state index in [1.54, 1.807) is 26.4 Å². The van der Waals surface area contributed by atoms with Crippen molar-refractivity contribution in [2.24, 2.45) is 5.10 Å². The Balaban J connectivity index is 1.61. The fraction of sp³-hybridized carbons (Fsp3) is 0.500. The van der Waals surface area contributed by atoms with Crippen molar-refractivity contribution in [2.45, 2.75) is 84.0 Å². The van der Waals surface area contributed by atoms with Crippen LogP contribution in [-0.2, 0) is 0 Å². The van der Waals surface area contributed by atoms with Gasteiger partial charge in [0.05, 0.1) is 26.5 Å². The predicted molar refractivity (Wildman–Crippen MR) is 155 cm³/mol. The number of benzene rings is 2. The topological polar surface area (TPSA) is 69.2 Å². The van der Waals surface area contributed by atoms with Gasteiger partial charge in [-0.25, -0.2) is 5.43 Å². The first kappa shape index (κ1) is 29.3. The molecule has 0 heterocycles. The van der Waals surface area contributed by atoms with Crippen LogP contribution in [0.3, 0.4) is 0 Å². The first-order valence-electron chi connectivity index (χ1n) is 14.2. The van der Waals surface area contributed by atoms with E-state index in [0.29, 0.717) is 29.4 Å². The van der Waals surface area contributed by atoms with Gasteiger partial charge in [0, 0.05) is 5.56 Å². The summed E-state index contributed by atoms with van der Waals surface area (Å²) in [6, 6.07) is 13.6. The van der Waals surface area contributed by atoms with Crippen LogP contribution in [0.15, 0.2) is 53.1 Å². The van der Waals surface area contributed by atoms with Crippen LogP contribution in [0.25, 0.3) is 6.08 Å². The zero-order valence-electron chi connectivity index (χ0n) is 23.4. The number of hydrazone groups is 1. The lowest BCUT2D eigenvalue weighted by Crippen LogP contribution is -2.22. The molecule has 0 spiro atoms. The van der Waals surface area contributed by atoms with Crippen LogP contribution in [-0.4, -0.2) is 32.4 Å². The Kier molecular flexibility index (Phi) is 12.7. The molecule has 1 aliphatic rings. The second-order valence-electron chi connectivity index (χ2n) is 9.82. The van der Waals surface area contributed by atoms with Crippen molar-refractivity contribution in [3.8, 4) is 17.2 Å². The third kappa shape index (κ3) is 9.23. The summed E-state index contributed by atoms with van der Waals surface area (Å²) in [6.07, 6.45) is 16.0. The van der Waals surface area contributed by atoms with Gasteiger partial charge in [-0.05, 0) is 61.4 Å². The fourth-order valence-corrected chi connectivity index (χ4v) is 4.69. The first-order chi connectivity index (χ1) is 18.7. The average Bonchev–Trinajstić information content (AvgIpc) is 2.96. The number of allylic oxidation sites excluding steroid dienone is 1. The van der Waals surface area contributed by atoms with Crippen LogP contribution in [0.2, 0.25) is 0 Å². The highest BCUT2D eigenvalue weighted by Gasteiger charge is 2.19. The second-order valence-corrected chi connectivity index (χ2v) is 9.82. The Morgan fingerprint density at radius 3 is 2.18 bits per heavy atom. The zero-order valence-corrected chi connectivity index (χ0v) is 23.4. The summed E-state index contributed by atoms with van der Waals surface area (Å²) >= 11 is 0. The molecule has 6 heteroatoms. The lowest BCUT2D eigenvalue weighted by Gasteiger charge is -2.18. The van der Waals surface area contributed by atoms with Crippen molar-refractivity contribution >= 4 is 17.7 Å². The Hall–Kier alpha value is -3.28. The molecular formula is C32H44N2O4. The van der Waals surface area contributed by atoms with Gasteiger partial charge >= 0.3 is 0 Å². The first-order valence-corrected chi connectivity index (χ1v) is 14.2. The zero-order chi connectivity index (χ0) is 27.0. The molecule has 1 N–H and O–H groups in total. The number of nitrogens with zero attached hydrogens (tertiary/aromatic N) is 1. The molecule has 0 saturated heterocycles. The van der Waals surface area contributed by atoms with Gasteiger partial charge < -0.3 is 14.2 Å². The molecule has 6 nitrogen and oxygen atoms in total. The van der Waals surface area contributed by atoms with Crippen molar-refractivity contribution in [1.29, 1.82) is 0 Å². The summed E-state index contributed by atoms with van der Waals surface area (Å²) in [6.45, 7) is 2.82. The minimum atomic E-state index is -0.312. The van der Waals surface area contributed by atoms with E-state index in [9.17, 15) is 4.79 Å².